The summed E-state index contributed by atoms with van der Waals surface area (Å²) in [6.07, 6.45) is 0.426. The summed E-state index contributed by atoms with van der Waals surface area (Å²) >= 11 is 0. The molecule has 0 fully saturated rings. The second kappa shape index (κ2) is 6.71. The lowest BCUT2D eigenvalue weighted by Crippen LogP contribution is -2.00. The van der Waals surface area contributed by atoms with Gasteiger partial charge in [-0.15, -0.1) is 0 Å². The van der Waals surface area contributed by atoms with Gasteiger partial charge in [-0.1, -0.05) is 24.3 Å². The minimum atomic E-state index is -0.476. The fourth-order valence-electron chi connectivity index (χ4n) is 2.04. The number of benzene rings is 2. The van der Waals surface area contributed by atoms with Crippen LogP contribution in [0.25, 0.3) is 0 Å². The zero-order valence-corrected chi connectivity index (χ0v) is 11.6. The Kier molecular flexibility index (Phi) is 4.73. The molecule has 0 unspecified atom stereocenters. The van der Waals surface area contributed by atoms with Crippen LogP contribution in [-0.4, -0.2) is 23.7 Å². The van der Waals surface area contributed by atoms with Gasteiger partial charge in [-0.25, -0.2) is 0 Å². The van der Waals surface area contributed by atoms with E-state index in [2.05, 4.69) is 5.32 Å². The maximum absolute atomic E-state index is 11.2. The molecular formula is C15H16N2O4. The molecule has 0 aliphatic carbocycles. The van der Waals surface area contributed by atoms with Gasteiger partial charge in [-0.2, -0.15) is 0 Å². The first kappa shape index (κ1) is 14.8. The average molecular weight is 288 g/mol. The van der Waals surface area contributed by atoms with Crippen LogP contribution in [0.1, 0.15) is 5.56 Å². The lowest BCUT2D eigenvalue weighted by atomic mass is 10.1. The molecule has 0 radical (unpaired) electrons. The first-order chi connectivity index (χ1) is 10.2. The third kappa shape index (κ3) is 3.29. The molecule has 0 bridgehead atoms. The molecule has 0 heterocycles. The molecule has 2 rings (SSSR count). The third-order valence-corrected chi connectivity index (χ3v) is 3.02. The van der Waals surface area contributed by atoms with Crippen molar-refractivity contribution in [1.82, 2.24) is 0 Å². The van der Waals surface area contributed by atoms with Gasteiger partial charge in [-0.3, -0.25) is 10.1 Å². The Bertz CT molecular complexity index is 643. The highest BCUT2D eigenvalue weighted by atomic mass is 16.6. The van der Waals surface area contributed by atoms with Crippen LogP contribution >= 0.6 is 0 Å². The molecule has 0 saturated carbocycles. The van der Waals surface area contributed by atoms with Crippen LogP contribution in [-0.2, 0) is 6.42 Å². The summed E-state index contributed by atoms with van der Waals surface area (Å²) in [5, 5.41) is 23.1. The maximum atomic E-state index is 11.2. The Morgan fingerprint density at radius 2 is 1.90 bits per heavy atom. The zero-order chi connectivity index (χ0) is 15.2. The minimum Gasteiger partial charge on any atom is -0.450 e. The fraction of sp³-hybridized carbons (Fsp3) is 0.200. The first-order valence-corrected chi connectivity index (χ1v) is 6.49. The molecule has 0 spiro atoms. The van der Waals surface area contributed by atoms with Crippen LogP contribution in [0.2, 0.25) is 0 Å². The Morgan fingerprint density at radius 3 is 2.57 bits per heavy atom. The standard InChI is InChI=1S/C15H16N2O4/c1-16-12-6-4-8-14(15(12)17(19)20)21-13-7-3-2-5-11(13)9-10-18/h2-8,16,18H,9-10H2,1H3. The minimum absolute atomic E-state index is 0.0149. The number of hydrogen-bond acceptors (Lipinski definition) is 5. The van der Waals surface area contributed by atoms with Crippen molar-refractivity contribution in [2.24, 2.45) is 0 Å². The van der Waals surface area contributed by atoms with Crippen LogP contribution in [0, 0.1) is 10.1 Å². The summed E-state index contributed by atoms with van der Waals surface area (Å²) in [6.45, 7) is -0.0149. The molecular weight excluding hydrogens is 272 g/mol. The highest BCUT2D eigenvalue weighted by Gasteiger charge is 2.21. The van der Waals surface area contributed by atoms with Gasteiger partial charge in [0.1, 0.15) is 11.4 Å². The van der Waals surface area contributed by atoms with Gasteiger partial charge in [0.25, 0.3) is 0 Å². The topological polar surface area (TPSA) is 84.6 Å². The van der Waals surface area contributed by atoms with Crippen LogP contribution in [0.15, 0.2) is 42.5 Å². The maximum Gasteiger partial charge on any atom is 0.334 e. The number of ether oxygens (including phenoxy) is 1. The van der Waals surface area contributed by atoms with Crippen molar-refractivity contribution in [1.29, 1.82) is 0 Å². The number of aliphatic hydroxyl groups is 1. The van der Waals surface area contributed by atoms with Gasteiger partial charge in [0.05, 0.1) is 4.92 Å². The van der Waals surface area contributed by atoms with Crippen molar-refractivity contribution in [2.45, 2.75) is 6.42 Å². The molecule has 110 valence electrons. The van der Waals surface area contributed by atoms with E-state index in [4.69, 9.17) is 9.84 Å². The SMILES string of the molecule is CNc1cccc(Oc2ccccc2CCO)c1[N+](=O)[O-]. The molecule has 0 saturated heterocycles. The van der Waals surface area contributed by atoms with Gasteiger partial charge >= 0.3 is 5.69 Å². The second-order valence-electron chi connectivity index (χ2n) is 4.34. The van der Waals surface area contributed by atoms with Crippen LogP contribution in [0.5, 0.6) is 11.5 Å². The Morgan fingerprint density at radius 1 is 1.19 bits per heavy atom. The number of rotatable bonds is 6. The Hall–Kier alpha value is -2.60. The van der Waals surface area contributed by atoms with Gasteiger partial charge in [-0.05, 0) is 30.2 Å². The molecule has 21 heavy (non-hydrogen) atoms. The molecule has 0 amide bonds. The van der Waals surface area contributed by atoms with E-state index >= 15 is 0 Å². The smallest absolute Gasteiger partial charge is 0.334 e. The summed E-state index contributed by atoms with van der Waals surface area (Å²) in [5.41, 5.74) is 1.07. The molecule has 0 aromatic heterocycles. The quantitative estimate of drug-likeness (QED) is 0.630. The molecule has 0 atom stereocenters. The van der Waals surface area contributed by atoms with Gasteiger partial charge in [0, 0.05) is 13.7 Å². The molecule has 6 heteroatoms. The number of nitrogens with zero attached hydrogens (tertiary/aromatic N) is 1. The molecule has 2 aromatic carbocycles. The summed E-state index contributed by atoms with van der Waals surface area (Å²) in [7, 11) is 1.62. The zero-order valence-electron chi connectivity index (χ0n) is 11.6. The monoisotopic (exact) mass is 288 g/mol. The molecule has 2 N–H and O–H groups in total. The van der Waals surface area contributed by atoms with E-state index in [-0.39, 0.29) is 18.0 Å². The molecule has 0 aliphatic heterocycles. The first-order valence-electron chi connectivity index (χ1n) is 6.49. The number of aliphatic hydroxyl groups excluding tert-OH is 1. The average Bonchev–Trinajstić information content (AvgIpc) is 2.49. The van der Waals surface area contributed by atoms with Crippen molar-refractivity contribution in [3.8, 4) is 11.5 Å². The number of anilines is 1. The molecule has 0 aliphatic rings. The summed E-state index contributed by atoms with van der Waals surface area (Å²) < 4.78 is 5.70. The fourth-order valence-corrected chi connectivity index (χ4v) is 2.04. The largest absolute Gasteiger partial charge is 0.450 e. The second-order valence-corrected chi connectivity index (χ2v) is 4.34. The van der Waals surface area contributed by atoms with Gasteiger partial charge in [0.15, 0.2) is 0 Å². The van der Waals surface area contributed by atoms with Gasteiger partial charge in [0.2, 0.25) is 5.75 Å². The van der Waals surface area contributed by atoms with E-state index in [0.29, 0.717) is 17.9 Å². The molecule has 2 aromatic rings. The number of para-hydroxylation sites is 2. The lowest BCUT2D eigenvalue weighted by Gasteiger charge is -2.12. The predicted octanol–water partition coefficient (Wildman–Crippen LogP) is 2.96. The number of nitro groups is 1. The van der Waals surface area contributed by atoms with E-state index in [1.807, 2.05) is 12.1 Å². The van der Waals surface area contributed by atoms with Crippen molar-refractivity contribution >= 4 is 11.4 Å². The number of hydrogen-bond donors (Lipinski definition) is 2. The van der Waals surface area contributed by atoms with Gasteiger partial charge < -0.3 is 15.2 Å². The number of nitro benzene ring substituents is 1. The number of nitrogens with one attached hydrogen (secondary N) is 1. The normalized spacial score (nSPS) is 10.2. The summed E-state index contributed by atoms with van der Waals surface area (Å²) in [5.74, 6) is 0.667. The van der Waals surface area contributed by atoms with Crippen molar-refractivity contribution in [2.75, 3.05) is 19.0 Å². The highest BCUT2D eigenvalue weighted by molar-refractivity contribution is 5.68. The van der Waals surface area contributed by atoms with E-state index in [1.54, 1.807) is 37.4 Å². The third-order valence-electron chi connectivity index (χ3n) is 3.02. The van der Waals surface area contributed by atoms with Crippen LogP contribution in [0.4, 0.5) is 11.4 Å². The van der Waals surface area contributed by atoms with Crippen LogP contribution < -0.4 is 10.1 Å². The van der Waals surface area contributed by atoms with Crippen LogP contribution in [0.3, 0.4) is 0 Å². The van der Waals surface area contributed by atoms with Crippen molar-refractivity contribution in [3.63, 3.8) is 0 Å². The summed E-state index contributed by atoms with van der Waals surface area (Å²) in [4.78, 5) is 10.8. The molecule has 6 nitrogen and oxygen atoms in total. The predicted molar refractivity (Wildman–Crippen MR) is 79.9 cm³/mol. The van der Waals surface area contributed by atoms with E-state index in [9.17, 15) is 10.1 Å². The van der Waals surface area contributed by atoms with Crippen molar-refractivity contribution < 1.29 is 14.8 Å². The Balaban J connectivity index is 2.42. The van der Waals surface area contributed by atoms with Crippen molar-refractivity contribution in [3.05, 3.63) is 58.1 Å². The lowest BCUT2D eigenvalue weighted by molar-refractivity contribution is -0.384. The van der Waals surface area contributed by atoms with E-state index in [0.717, 1.165) is 5.56 Å². The Labute approximate surface area is 122 Å². The summed E-state index contributed by atoms with van der Waals surface area (Å²) in [6, 6.07) is 12.0. The van der Waals surface area contributed by atoms with E-state index in [1.165, 1.54) is 0 Å². The highest BCUT2D eigenvalue weighted by Crippen LogP contribution is 2.38. The van der Waals surface area contributed by atoms with E-state index < -0.39 is 4.92 Å².